The van der Waals surface area contributed by atoms with E-state index in [1.807, 2.05) is 19.0 Å². The Bertz CT molecular complexity index is 1100. The molecule has 1 atom stereocenters. The van der Waals surface area contributed by atoms with Crippen LogP contribution >= 0.6 is 11.6 Å². The van der Waals surface area contributed by atoms with Crippen LogP contribution in [0.2, 0.25) is 5.02 Å². The van der Waals surface area contributed by atoms with Crippen LogP contribution in [0.4, 0.5) is 11.4 Å². The zero-order chi connectivity index (χ0) is 22.2. The first-order chi connectivity index (χ1) is 14.8. The van der Waals surface area contributed by atoms with Gasteiger partial charge in [0, 0.05) is 38.6 Å². The number of sulfonamides is 1. The standard InChI is InChI=1S/C22H26ClN3O4S/c1-25(2)19-8-7-17(31(28,29)26-10-4-3-5-11-26)14-18(19)24-22(27)21-13-15-12-16(23)6-9-20(15)30-21/h6-9,12,14,21H,3-5,10-11,13H2,1-2H3,(H,24,27). The van der Waals surface area contributed by atoms with Gasteiger partial charge in [0.25, 0.3) is 5.91 Å². The van der Waals surface area contributed by atoms with Crippen LogP contribution in [-0.2, 0) is 21.2 Å². The van der Waals surface area contributed by atoms with E-state index in [1.54, 1.807) is 30.3 Å². The van der Waals surface area contributed by atoms with Gasteiger partial charge in [0.15, 0.2) is 6.10 Å². The molecule has 1 N–H and O–H groups in total. The minimum Gasteiger partial charge on any atom is -0.480 e. The van der Waals surface area contributed by atoms with Gasteiger partial charge < -0.3 is 15.0 Å². The van der Waals surface area contributed by atoms with E-state index >= 15 is 0 Å². The first-order valence-electron chi connectivity index (χ1n) is 10.3. The number of benzene rings is 2. The number of halogens is 1. The van der Waals surface area contributed by atoms with Crippen LogP contribution in [-0.4, -0.2) is 51.9 Å². The van der Waals surface area contributed by atoms with E-state index in [0.29, 0.717) is 41.7 Å². The van der Waals surface area contributed by atoms with E-state index in [1.165, 1.54) is 10.4 Å². The monoisotopic (exact) mass is 463 g/mol. The van der Waals surface area contributed by atoms with Crippen molar-refractivity contribution in [2.45, 2.75) is 36.7 Å². The fourth-order valence-corrected chi connectivity index (χ4v) is 5.74. The molecule has 9 heteroatoms. The third-order valence-electron chi connectivity index (χ3n) is 5.65. The number of hydrogen-bond donors (Lipinski definition) is 1. The average molecular weight is 464 g/mol. The summed E-state index contributed by atoms with van der Waals surface area (Å²) in [5, 5.41) is 3.47. The predicted octanol–water partition coefficient (Wildman–Crippen LogP) is 3.52. The minimum atomic E-state index is -3.61. The molecule has 1 saturated heterocycles. The number of nitrogens with one attached hydrogen (secondary N) is 1. The SMILES string of the molecule is CN(C)c1ccc(S(=O)(=O)N2CCCCC2)cc1NC(=O)C1Cc2cc(Cl)ccc2O1. The number of amides is 1. The number of nitrogens with zero attached hydrogens (tertiary/aromatic N) is 2. The Hall–Kier alpha value is -2.29. The predicted molar refractivity (Wildman–Crippen MR) is 122 cm³/mol. The molecule has 1 unspecified atom stereocenters. The van der Waals surface area contributed by atoms with Crippen LogP contribution in [0, 0.1) is 0 Å². The molecule has 7 nitrogen and oxygen atoms in total. The van der Waals surface area contributed by atoms with E-state index in [-0.39, 0.29) is 10.8 Å². The van der Waals surface area contributed by atoms with E-state index in [9.17, 15) is 13.2 Å². The second kappa shape index (κ2) is 8.68. The van der Waals surface area contributed by atoms with Crippen molar-refractivity contribution >= 4 is 38.9 Å². The number of rotatable bonds is 5. The van der Waals surface area contributed by atoms with Crippen molar-refractivity contribution in [1.29, 1.82) is 0 Å². The van der Waals surface area contributed by atoms with Crippen LogP contribution < -0.4 is 15.0 Å². The zero-order valence-corrected chi connectivity index (χ0v) is 19.2. The Morgan fingerprint density at radius 2 is 1.87 bits per heavy atom. The lowest BCUT2D eigenvalue weighted by Crippen LogP contribution is -2.36. The molecule has 0 bridgehead atoms. The topological polar surface area (TPSA) is 79.0 Å². The van der Waals surface area contributed by atoms with Crippen LogP contribution in [0.5, 0.6) is 5.75 Å². The van der Waals surface area contributed by atoms with Gasteiger partial charge in [0.1, 0.15) is 5.75 Å². The maximum absolute atomic E-state index is 13.1. The van der Waals surface area contributed by atoms with Crippen molar-refractivity contribution in [2.75, 3.05) is 37.4 Å². The molecular weight excluding hydrogens is 438 g/mol. The lowest BCUT2D eigenvalue weighted by atomic mass is 10.1. The summed E-state index contributed by atoms with van der Waals surface area (Å²) >= 11 is 6.04. The van der Waals surface area contributed by atoms with Crippen molar-refractivity contribution in [3.63, 3.8) is 0 Å². The van der Waals surface area contributed by atoms with Crippen molar-refractivity contribution in [2.24, 2.45) is 0 Å². The molecule has 2 aliphatic heterocycles. The molecule has 0 saturated carbocycles. The highest BCUT2D eigenvalue weighted by atomic mass is 35.5. The molecule has 0 spiro atoms. The second-order valence-electron chi connectivity index (χ2n) is 8.09. The largest absolute Gasteiger partial charge is 0.480 e. The third-order valence-corrected chi connectivity index (χ3v) is 7.78. The molecular formula is C22H26ClN3O4S. The van der Waals surface area contributed by atoms with Gasteiger partial charge in [-0.25, -0.2) is 8.42 Å². The Balaban J connectivity index is 1.58. The fourth-order valence-electron chi connectivity index (χ4n) is 4.00. The molecule has 2 aliphatic rings. The molecule has 31 heavy (non-hydrogen) atoms. The highest BCUT2D eigenvalue weighted by Crippen LogP contribution is 2.33. The van der Waals surface area contributed by atoms with Crippen LogP contribution in [0.15, 0.2) is 41.3 Å². The van der Waals surface area contributed by atoms with Gasteiger partial charge in [0.2, 0.25) is 10.0 Å². The molecule has 0 aromatic heterocycles. The molecule has 0 radical (unpaired) electrons. The smallest absolute Gasteiger partial charge is 0.265 e. The zero-order valence-electron chi connectivity index (χ0n) is 17.6. The molecule has 1 amide bonds. The fraction of sp³-hybridized carbons (Fsp3) is 0.409. The summed E-state index contributed by atoms with van der Waals surface area (Å²) < 4.78 is 33.5. The summed E-state index contributed by atoms with van der Waals surface area (Å²) in [7, 11) is 0.0693. The molecule has 2 aromatic rings. The summed E-state index contributed by atoms with van der Waals surface area (Å²) in [6, 6.07) is 10.1. The first kappa shape index (κ1) is 21.9. The first-order valence-corrected chi connectivity index (χ1v) is 12.1. The van der Waals surface area contributed by atoms with E-state index in [4.69, 9.17) is 16.3 Å². The number of carbonyl (C=O) groups is 1. The van der Waals surface area contributed by atoms with Gasteiger partial charge >= 0.3 is 0 Å². The Morgan fingerprint density at radius 3 is 2.58 bits per heavy atom. The van der Waals surface area contributed by atoms with E-state index in [2.05, 4.69) is 5.32 Å². The quantitative estimate of drug-likeness (QED) is 0.733. The molecule has 1 fully saturated rings. The molecule has 4 rings (SSSR count). The minimum absolute atomic E-state index is 0.178. The van der Waals surface area contributed by atoms with Gasteiger partial charge in [-0.05, 0) is 54.8 Å². The number of carbonyl (C=O) groups excluding carboxylic acids is 1. The highest BCUT2D eigenvalue weighted by Gasteiger charge is 2.31. The van der Waals surface area contributed by atoms with Gasteiger partial charge in [-0.15, -0.1) is 0 Å². The molecule has 2 aromatic carbocycles. The van der Waals surface area contributed by atoms with Crippen molar-refractivity contribution in [3.05, 3.63) is 47.0 Å². The average Bonchev–Trinajstić information content (AvgIpc) is 3.17. The van der Waals surface area contributed by atoms with Gasteiger partial charge in [-0.3, -0.25) is 4.79 Å². The number of fused-ring (bicyclic) bond motifs is 1. The summed E-state index contributed by atoms with van der Waals surface area (Å²) in [6.45, 7) is 1.05. The van der Waals surface area contributed by atoms with E-state index in [0.717, 1.165) is 24.8 Å². The number of ether oxygens (including phenoxy) is 1. The number of piperidine rings is 1. The summed E-state index contributed by atoms with van der Waals surface area (Å²) in [6.07, 6.45) is 2.47. The van der Waals surface area contributed by atoms with Crippen LogP contribution in [0.1, 0.15) is 24.8 Å². The second-order valence-corrected chi connectivity index (χ2v) is 10.5. The van der Waals surface area contributed by atoms with Crippen LogP contribution in [0.3, 0.4) is 0 Å². The van der Waals surface area contributed by atoms with Gasteiger partial charge in [-0.2, -0.15) is 4.31 Å². The third kappa shape index (κ3) is 4.51. The summed E-state index contributed by atoms with van der Waals surface area (Å²) in [4.78, 5) is 15.0. The Kier molecular flexibility index (Phi) is 6.14. The molecule has 166 valence electrons. The summed E-state index contributed by atoms with van der Waals surface area (Å²) in [5.74, 6) is 0.307. The lowest BCUT2D eigenvalue weighted by molar-refractivity contribution is -0.122. The maximum atomic E-state index is 13.1. The highest BCUT2D eigenvalue weighted by molar-refractivity contribution is 7.89. The van der Waals surface area contributed by atoms with Gasteiger partial charge in [0.05, 0.1) is 16.3 Å². The number of hydrogen-bond acceptors (Lipinski definition) is 5. The van der Waals surface area contributed by atoms with Crippen molar-refractivity contribution in [3.8, 4) is 5.75 Å². The number of anilines is 2. The molecule has 2 heterocycles. The summed E-state index contributed by atoms with van der Waals surface area (Å²) in [5.41, 5.74) is 2.03. The lowest BCUT2D eigenvalue weighted by Gasteiger charge is -2.27. The maximum Gasteiger partial charge on any atom is 0.265 e. The Labute approximate surface area is 188 Å². The van der Waals surface area contributed by atoms with E-state index < -0.39 is 16.1 Å². The van der Waals surface area contributed by atoms with Crippen molar-refractivity contribution < 1.29 is 17.9 Å². The molecule has 0 aliphatic carbocycles. The van der Waals surface area contributed by atoms with Crippen LogP contribution in [0.25, 0.3) is 0 Å². The van der Waals surface area contributed by atoms with Crippen molar-refractivity contribution in [1.82, 2.24) is 4.31 Å². The Morgan fingerprint density at radius 1 is 1.13 bits per heavy atom. The normalized spacial score (nSPS) is 18.9. The van der Waals surface area contributed by atoms with Gasteiger partial charge in [-0.1, -0.05) is 18.0 Å².